The topological polar surface area (TPSA) is 140 Å². The number of carbonyl (C=O) groups excluding carboxylic acids is 1. The number of hydrogen-bond acceptors (Lipinski definition) is 7. The maximum Gasteiger partial charge on any atom is 0.408 e. The second kappa shape index (κ2) is 9.60. The smallest absolute Gasteiger partial charge is 0.408 e. The first-order valence-corrected chi connectivity index (χ1v) is 8.32. The number of ether oxygens (including phenoxy) is 2. The van der Waals surface area contributed by atoms with E-state index < -0.39 is 28.6 Å². The normalized spacial score (nSPS) is 12.0. The Morgan fingerprint density at radius 3 is 2.52 bits per heavy atom. The number of carbonyl (C=O) groups is 2. The van der Waals surface area contributed by atoms with Gasteiger partial charge in [0.1, 0.15) is 23.1 Å². The Hall–Kier alpha value is -3.04. The van der Waals surface area contributed by atoms with E-state index in [0.717, 1.165) is 0 Å². The highest BCUT2D eigenvalue weighted by Gasteiger charge is 2.23. The van der Waals surface area contributed by atoms with Crippen LogP contribution in [0.15, 0.2) is 18.2 Å². The molecule has 10 nitrogen and oxygen atoms in total. The van der Waals surface area contributed by atoms with Gasteiger partial charge in [-0.3, -0.25) is 10.1 Å². The van der Waals surface area contributed by atoms with Gasteiger partial charge in [-0.2, -0.15) is 0 Å². The standard InChI is InChI=1S/C17H25N3O7/c1-17(2,3)27-16(23)19-12(15(21)22)6-5-9-18-13-10-11(26-4)7-8-14(13)20(24)25/h7-8,10,12,18H,5-6,9H2,1-4H3,(H,19,23)(H,21,22)/t12-/m0/s1. The molecule has 0 saturated carbocycles. The van der Waals surface area contributed by atoms with E-state index in [4.69, 9.17) is 9.47 Å². The van der Waals surface area contributed by atoms with Crippen molar-refractivity contribution in [3.8, 4) is 5.75 Å². The predicted octanol–water partition coefficient (Wildman–Crippen LogP) is 2.77. The van der Waals surface area contributed by atoms with Crippen LogP contribution in [0.2, 0.25) is 0 Å². The first kappa shape index (κ1) is 22.0. The summed E-state index contributed by atoms with van der Waals surface area (Å²) in [6.07, 6.45) is -0.341. The van der Waals surface area contributed by atoms with Gasteiger partial charge in [-0.15, -0.1) is 0 Å². The van der Waals surface area contributed by atoms with Crippen LogP contribution in [-0.2, 0) is 9.53 Å². The molecular formula is C17H25N3O7. The highest BCUT2D eigenvalue weighted by molar-refractivity contribution is 5.80. The van der Waals surface area contributed by atoms with Crippen molar-refractivity contribution >= 4 is 23.4 Å². The largest absolute Gasteiger partial charge is 0.497 e. The third kappa shape index (κ3) is 7.80. The summed E-state index contributed by atoms with van der Waals surface area (Å²) < 4.78 is 10.1. The highest BCUT2D eigenvalue weighted by atomic mass is 16.6. The molecule has 1 rings (SSSR count). The fourth-order valence-corrected chi connectivity index (χ4v) is 2.18. The second-order valence-corrected chi connectivity index (χ2v) is 6.75. The van der Waals surface area contributed by atoms with Crippen LogP contribution in [0, 0.1) is 10.1 Å². The van der Waals surface area contributed by atoms with E-state index in [2.05, 4.69) is 10.6 Å². The van der Waals surface area contributed by atoms with Gasteiger partial charge < -0.3 is 25.2 Å². The number of rotatable bonds is 9. The third-order valence-electron chi connectivity index (χ3n) is 3.37. The van der Waals surface area contributed by atoms with E-state index in [1.807, 2.05) is 0 Å². The summed E-state index contributed by atoms with van der Waals surface area (Å²) in [5, 5.41) is 25.5. The van der Waals surface area contributed by atoms with Crippen LogP contribution in [0.5, 0.6) is 5.75 Å². The van der Waals surface area contributed by atoms with E-state index in [9.17, 15) is 24.8 Å². The fourth-order valence-electron chi connectivity index (χ4n) is 2.18. The summed E-state index contributed by atoms with van der Waals surface area (Å²) in [5.41, 5.74) is -0.580. The summed E-state index contributed by atoms with van der Waals surface area (Å²) in [6.45, 7) is 5.29. The Morgan fingerprint density at radius 2 is 2.00 bits per heavy atom. The fraction of sp³-hybridized carbons (Fsp3) is 0.529. The number of carboxylic acid groups (broad SMARTS) is 1. The molecule has 0 aromatic heterocycles. The average Bonchev–Trinajstić information content (AvgIpc) is 2.55. The number of nitrogens with zero attached hydrogens (tertiary/aromatic N) is 1. The first-order valence-electron chi connectivity index (χ1n) is 8.32. The maximum absolute atomic E-state index is 11.7. The molecule has 0 bridgehead atoms. The minimum absolute atomic E-state index is 0.113. The quantitative estimate of drug-likeness (QED) is 0.336. The molecule has 10 heteroatoms. The predicted molar refractivity (Wildman–Crippen MR) is 98.2 cm³/mol. The van der Waals surface area contributed by atoms with Gasteiger partial charge in [0.15, 0.2) is 0 Å². The van der Waals surface area contributed by atoms with Crippen molar-refractivity contribution in [2.45, 2.75) is 45.3 Å². The number of benzene rings is 1. The summed E-state index contributed by atoms with van der Waals surface area (Å²) in [6, 6.07) is 3.17. The molecule has 0 radical (unpaired) electrons. The third-order valence-corrected chi connectivity index (χ3v) is 3.37. The van der Waals surface area contributed by atoms with E-state index in [-0.39, 0.29) is 24.3 Å². The lowest BCUT2D eigenvalue weighted by molar-refractivity contribution is -0.384. The lowest BCUT2D eigenvalue weighted by atomic mass is 10.1. The SMILES string of the molecule is COc1ccc([N+](=O)[O-])c(NCCC[C@H](NC(=O)OC(C)(C)C)C(=O)O)c1. The van der Waals surface area contributed by atoms with E-state index in [1.54, 1.807) is 20.8 Å². The van der Waals surface area contributed by atoms with Crippen LogP contribution in [0.3, 0.4) is 0 Å². The van der Waals surface area contributed by atoms with Crippen molar-refractivity contribution in [2.24, 2.45) is 0 Å². The summed E-state index contributed by atoms with van der Waals surface area (Å²) in [4.78, 5) is 33.6. The van der Waals surface area contributed by atoms with Gasteiger partial charge in [-0.05, 0) is 39.7 Å². The molecule has 0 aliphatic heterocycles. The molecule has 150 valence electrons. The lowest BCUT2D eigenvalue weighted by Gasteiger charge is -2.22. The van der Waals surface area contributed by atoms with Crippen LogP contribution in [0.25, 0.3) is 0 Å². The van der Waals surface area contributed by atoms with E-state index >= 15 is 0 Å². The molecule has 0 fully saturated rings. The molecule has 0 aliphatic rings. The Balaban J connectivity index is 2.61. The molecule has 1 aromatic carbocycles. The second-order valence-electron chi connectivity index (χ2n) is 6.75. The minimum Gasteiger partial charge on any atom is -0.497 e. The number of aliphatic carboxylic acids is 1. The molecule has 1 aromatic rings. The van der Waals surface area contributed by atoms with Gasteiger partial charge in [0, 0.05) is 18.7 Å². The number of hydrogen-bond donors (Lipinski definition) is 3. The van der Waals surface area contributed by atoms with Gasteiger partial charge >= 0.3 is 12.1 Å². The molecular weight excluding hydrogens is 358 g/mol. The van der Waals surface area contributed by atoms with Crippen molar-refractivity contribution in [1.29, 1.82) is 0 Å². The van der Waals surface area contributed by atoms with Gasteiger partial charge in [0.25, 0.3) is 5.69 Å². The molecule has 27 heavy (non-hydrogen) atoms. The lowest BCUT2D eigenvalue weighted by Crippen LogP contribution is -2.43. The number of carboxylic acids is 1. The monoisotopic (exact) mass is 383 g/mol. The zero-order valence-corrected chi connectivity index (χ0v) is 15.8. The van der Waals surface area contributed by atoms with Crippen LogP contribution >= 0.6 is 0 Å². The number of nitrogens with one attached hydrogen (secondary N) is 2. The van der Waals surface area contributed by atoms with Crippen molar-refractivity contribution in [3.05, 3.63) is 28.3 Å². The Labute approximate surface area is 157 Å². The first-order chi connectivity index (χ1) is 12.5. The highest BCUT2D eigenvalue weighted by Crippen LogP contribution is 2.28. The van der Waals surface area contributed by atoms with Gasteiger partial charge in [0.2, 0.25) is 0 Å². The van der Waals surface area contributed by atoms with Gasteiger partial charge in [-0.1, -0.05) is 0 Å². The van der Waals surface area contributed by atoms with Crippen molar-refractivity contribution in [3.63, 3.8) is 0 Å². The van der Waals surface area contributed by atoms with Crippen LogP contribution in [0.4, 0.5) is 16.2 Å². The van der Waals surface area contributed by atoms with Crippen molar-refractivity contribution in [1.82, 2.24) is 5.32 Å². The number of alkyl carbamates (subject to hydrolysis) is 1. The van der Waals surface area contributed by atoms with E-state index in [0.29, 0.717) is 12.2 Å². The zero-order chi connectivity index (χ0) is 20.6. The molecule has 0 saturated heterocycles. The molecule has 1 atom stereocenters. The van der Waals surface area contributed by atoms with E-state index in [1.165, 1.54) is 25.3 Å². The Morgan fingerprint density at radius 1 is 1.33 bits per heavy atom. The van der Waals surface area contributed by atoms with Crippen molar-refractivity contribution < 1.29 is 29.1 Å². The number of anilines is 1. The Kier molecular flexibility index (Phi) is 7.82. The van der Waals surface area contributed by atoms with Crippen LogP contribution in [-0.4, -0.2) is 47.4 Å². The molecule has 0 unspecified atom stereocenters. The van der Waals surface area contributed by atoms with Crippen LogP contribution < -0.4 is 15.4 Å². The average molecular weight is 383 g/mol. The van der Waals surface area contributed by atoms with Crippen LogP contribution in [0.1, 0.15) is 33.6 Å². The summed E-state index contributed by atoms with van der Waals surface area (Å²) >= 11 is 0. The summed E-state index contributed by atoms with van der Waals surface area (Å²) in [5.74, 6) is -0.730. The van der Waals surface area contributed by atoms with Gasteiger partial charge in [0.05, 0.1) is 12.0 Å². The molecule has 0 aliphatic carbocycles. The molecule has 3 N–H and O–H groups in total. The molecule has 0 spiro atoms. The molecule has 0 heterocycles. The number of methoxy groups -OCH3 is 1. The maximum atomic E-state index is 11.7. The van der Waals surface area contributed by atoms with Gasteiger partial charge in [-0.25, -0.2) is 9.59 Å². The Bertz CT molecular complexity index is 686. The molecule has 1 amide bonds. The number of nitro benzene ring substituents is 1. The minimum atomic E-state index is -1.19. The number of nitro groups is 1. The number of amides is 1. The summed E-state index contributed by atoms with van der Waals surface area (Å²) in [7, 11) is 1.45. The zero-order valence-electron chi connectivity index (χ0n) is 15.8. The van der Waals surface area contributed by atoms with Crippen molar-refractivity contribution in [2.75, 3.05) is 19.0 Å².